The van der Waals surface area contributed by atoms with Gasteiger partial charge in [0.05, 0.1) is 6.61 Å². The maximum absolute atomic E-state index is 5.62. The summed E-state index contributed by atoms with van der Waals surface area (Å²) in [6.07, 6.45) is 6.54. The van der Waals surface area contributed by atoms with Crippen molar-refractivity contribution in [1.29, 1.82) is 0 Å². The summed E-state index contributed by atoms with van der Waals surface area (Å²) >= 11 is 0. The molecule has 1 heterocycles. The second-order valence-electron chi connectivity index (χ2n) is 3.99. The Morgan fingerprint density at radius 1 is 1.31 bits per heavy atom. The van der Waals surface area contributed by atoms with Crippen LogP contribution in [0.15, 0.2) is 0 Å². The molecule has 0 saturated carbocycles. The van der Waals surface area contributed by atoms with Crippen LogP contribution in [0.2, 0.25) is 0 Å². The van der Waals surface area contributed by atoms with Crippen LogP contribution in [0.5, 0.6) is 0 Å². The fraction of sp³-hybridized carbons (Fsp3) is 1.00. The average Bonchev–Trinajstić information content (AvgIpc) is 2.63. The molecule has 1 atom stereocenters. The molecule has 0 aromatic heterocycles. The van der Waals surface area contributed by atoms with Crippen molar-refractivity contribution in [2.24, 2.45) is 5.92 Å². The minimum absolute atomic E-state index is 0.783. The third kappa shape index (κ3) is 5.27. The van der Waals surface area contributed by atoms with E-state index in [-0.39, 0.29) is 0 Å². The summed E-state index contributed by atoms with van der Waals surface area (Å²) in [6.45, 7) is 6.53. The van der Waals surface area contributed by atoms with Gasteiger partial charge in [-0.2, -0.15) is 0 Å². The quantitative estimate of drug-likeness (QED) is 0.614. The zero-order chi connectivity index (χ0) is 9.36. The molecule has 2 heteroatoms. The monoisotopic (exact) mass is 185 g/mol. The number of nitrogens with one attached hydrogen (secondary N) is 1. The van der Waals surface area contributed by atoms with Crippen molar-refractivity contribution < 1.29 is 4.74 Å². The fourth-order valence-electron chi connectivity index (χ4n) is 1.74. The van der Waals surface area contributed by atoms with E-state index in [0.29, 0.717) is 0 Å². The predicted molar refractivity (Wildman–Crippen MR) is 55.9 cm³/mol. The lowest BCUT2D eigenvalue weighted by atomic mass is 10.1. The van der Waals surface area contributed by atoms with E-state index in [0.717, 1.165) is 25.7 Å². The van der Waals surface area contributed by atoms with Crippen LogP contribution in [-0.4, -0.2) is 26.3 Å². The molecule has 1 aliphatic heterocycles. The molecule has 0 aromatic carbocycles. The third-order valence-corrected chi connectivity index (χ3v) is 2.66. The average molecular weight is 185 g/mol. The third-order valence-electron chi connectivity index (χ3n) is 2.66. The maximum Gasteiger partial charge on any atom is 0.0506 e. The molecule has 0 aliphatic carbocycles. The van der Waals surface area contributed by atoms with Crippen LogP contribution in [-0.2, 0) is 4.74 Å². The van der Waals surface area contributed by atoms with Crippen molar-refractivity contribution in [3.63, 3.8) is 0 Å². The lowest BCUT2D eigenvalue weighted by Gasteiger charge is -2.08. The van der Waals surface area contributed by atoms with Crippen molar-refractivity contribution in [3.8, 4) is 0 Å². The number of ether oxygens (including phenoxy) is 1. The highest BCUT2D eigenvalue weighted by molar-refractivity contribution is 4.70. The van der Waals surface area contributed by atoms with Gasteiger partial charge in [-0.25, -0.2) is 0 Å². The predicted octanol–water partition coefficient (Wildman–Crippen LogP) is 2.19. The van der Waals surface area contributed by atoms with Crippen LogP contribution < -0.4 is 5.32 Å². The van der Waals surface area contributed by atoms with E-state index in [9.17, 15) is 0 Å². The zero-order valence-electron chi connectivity index (χ0n) is 8.85. The molecule has 0 aromatic rings. The Morgan fingerprint density at radius 3 is 2.92 bits per heavy atom. The van der Waals surface area contributed by atoms with Gasteiger partial charge in [0.1, 0.15) is 0 Å². The molecule has 13 heavy (non-hydrogen) atoms. The van der Waals surface area contributed by atoms with Gasteiger partial charge in [0.25, 0.3) is 0 Å². The Kier molecular flexibility index (Phi) is 6.21. The van der Waals surface area contributed by atoms with Gasteiger partial charge in [0.15, 0.2) is 0 Å². The lowest BCUT2D eigenvalue weighted by Crippen LogP contribution is -2.14. The van der Waals surface area contributed by atoms with Crippen molar-refractivity contribution in [2.45, 2.75) is 39.0 Å². The van der Waals surface area contributed by atoms with Crippen molar-refractivity contribution in [1.82, 2.24) is 5.32 Å². The van der Waals surface area contributed by atoms with Gasteiger partial charge in [-0.3, -0.25) is 0 Å². The molecule has 1 saturated heterocycles. The molecule has 0 amide bonds. The van der Waals surface area contributed by atoms with E-state index >= 15 is 0 Å². The minimum atomic E-state index is 0.783. The summed E-state index contributed by atoms with van der Waals surface area (Å²) < 4.78 is 5.62. The van der Waals surface area contributed by atoms with Gasteiger partial charge < -0.3 is 10.1 Å². The van der Waals surface area contributed by atoms with Crippen molar-refractivity contribution in [3.05, 3.63) is 0 Å². The van der Waals surface area contributed by atoms with Crippen molar-refractivity contribution >= 4 is 0 Å². The Bertz CT molecular complexity index is 111. The molecule has 1 aliphatic rings. The highest BCUT2D eigenvalue weighted by Crippen LogP contribution is 2.08. The molecule has 78 valence electrons. The number of unbranched alkanes of at least 4 members (excludes halogenated alkanes) is 3. The molecular weight excluding hydrogens is 162 g/mol. The largest absolute Gasteiger partial charge is 0.381 e. The van der Waals surface area contributed by atoms with E-state index in [1.54, 1.807) is 0 Å². The summed E-state index contributed by atoms with van der Waals surface area (Å²) in [4.78, 5) is 0. The Labute approximate surface area is 82.0 Å². The highest BCUT2D eigenvalue weighted by atomic mass is 16.5. The summed E-state index contributed by atoms with van der Waals surface area (Å²) in [5.74, 6) is 0.783. The topological polar surface area (TPSA) is 21.3 Å². The second-order valence-corrected chi connectivity index (χ2v) is 3.99. The number of hydrogen-bond acceptors (Lipinski definition) is 2. The lowest BCUT2D eigenvalue weighted by molar-refractivity contribution is 0.102. The van der Waals surface area contributed by atoms with Gasteiger partial charge in [0.2, 0.25) is 0 Å². The molecule has 1 fully saturated rings. The van der Waals surface area contributed by atoms with Gasteiger partial charge >= 0.3 is 0 Å². The molecule has 0 bridgehead atoms. The molecule has 1 rings (SSSR count). The van der Waals surface area contributed by atoms with Gasteiger partial charge in [-0.1, -0.05) is 26.2 Å². The molecule has 0 spiro atoms. The van der Waals surface area contributed by atoms with Crippen LogP contribution in [0, 0.1) is 5.92 Å². The van der Waals surface area contributed by atoms with Crippen LogP contribution in [0.3, 0.4) is 0 Å². The number of hydrogen-bond donors (Lipinski definition) is 1. The van der Waals surface area contributed by atoms with E-state index in [1.165, 1.54) is 38.6 Å². The fourth-order valence-corrected chi connectivity index (χ4v) is 1.74. The summed E-state index contributed by atoms with van der Waals surface area (Å²) in [7, 11) is 0. The van der Waals surface area contributed by atoms with Gasteiger partial charge in [-0.15, -0.1) is 0 Å². The molecule has 1 N–H and O–H groups in total. The normalized spacial score (nSPS) is 22.4. The Morgan fingerprint density at radius 2 is 2.23 bits per heavy atom. The van der Waals surface area contributed by atoms with Crippen LogP contribution >= 0.6 is 0 Å². The molecule has 0 radical (unpaired) electrons. The van der Waals surface area contributed by atoms with E-state index in [4.69, 9.17) is 4.74 Å². The highest BCUT2D eigenvalue weighted by Gasteiger charge is 2.13. The summed E-state index contributed by atoms with van der Waals surface area (Å²) in [5, 5.41) is 3.35. The van der Waals surface area contributed by atoms with Crippen LogP contribution in [0.4, 0.5) is 0 Å². The zero-order valence-corrected chi connectivity index (χ0v) is 8.85. The first kappa shape index (κ1) is 11.0. The maximum atomic E-state index is 5.62. The molecule has 2 nitrogen and oxygen atoms in total. The summed E-state index contributed by atoms with van der Waals surface area (Å²) in [6, 6.07) is 0. The van der Waals surface area contributed by atoms with Crippen LogP contribution in [0.1, 0.15) is 39.0 Å². The second kappa shape index (κ2) is 7.34. The minimum Gasteiger partial charge on any atom is -0.381 e. The smallest absolute Gasteiger partial charge is 0.0506 e. The first-order valence-corrected chi connectivity index (χ1v) is 5.72. The molecular formula is C11H23NO. The molecule has 1 unspecified atom stereocenters. The Balaban J connectivity index is 1.78. The summed E-state index contributed by atoms with van der Waals surface area (Å²) in [5.41, 5.74) is 0. The van der Waals surface area contributed by atoms with E-state index in [1.807, 2.05) is 0 Å². The first-order valence-electron chi connectivity index (χ1n) is 5.72. The van der Waals surface area contributed by atoms with Crippen LogP contribution in [0.25, 0.3) is 0 Å². The van der Waals surface area contributed by atoms with Crippen molar-refractivity contribution in [2.75, 3.05) is 26.3 Å². The first-order chi connectivity index (χ1) is 6.43. The van der Waals surface area contributed by atoms with E-state index in [2.05, 4.69) is 12.2 Å². The Hall–Kier alpha value is -0.0800. The van der Waals surface area contributed by atoms with Gasteiger partial charge in [0, 0.05) is 13.2 Å². The standard InChI is InChI=1S/C11H23NO/c1-2-3-4-5-8-13-10-11-6-7-12-9-11/h11-12H,2-10H2,1H3. The SMILES string of the molecule is CCCCCCOCC1CCNC1. The van der Waals surface area contributed by atoms with E-state index < -0.39 is 0 Å². The number of rotatable bonds is 7. The van der Waals surface area contributed by atoms with Gasteiger partial charge in [-0.05, 0) is 25.3 Å².